The zero-order valence-electron chi connectivity index (χ0n) is 17.8. The number of hydrogen-bond donors (Lipinski definition) is 2. The third-order valence-corrected chi connectivity index (χ3v) is 6.18. The van der Waals surface area contributed by atoms with Crippen LogP contribution in [0.2, 0.25) is 0 Å². The highest BCUT2D eigenvalue weighted by Crippen LogP contribution is 2.20. The predicted octanol–water partition coefficient (Wildman–Crippen LogP) is 4.14. The molecule has 1 aliphatic rings. The van der Waals surface area contributed by atoms with Gasteiger partial charge in [-0.25, -0.2) is 0 Å². The summed E-state index contributed by atoms with van der Waals surface area (Å²) in [5, 5.41) is 5.19. The fourth-order valence-corrected chi connectivity index (χ4v) is 4.40. The van der Waals surface area contributed by atoms with Crippen molar-refractivity contribution in [3.63, 3.8) is 0 Å². The van der Waals surface area contributed by atoms with Crippen molar-refractivity contribution in [1.82, 2.24) is 20.2 Å². The first kappa shape index (κ1) is 21.3. The molecule has 162 valence electrons. The lowest BCUT2D eigenvalue weighted by atomic mass is 9.96. The second-order valence-corrected chi connectivity index (χ2v) is 8.47. The molecule has 3 aromatic rings. The zero-order valence-corrected chi connectivity index (χ0v) is 18.6. The third kappa shape index (κ3) is 5.41. The second-order valence-electron chi connectivity index (χ2n) is 8.08. The summed E-state index contributed by atoms with van der Waals surface area (Å²) >= 11 is 5.79. The van der Waals surface area contributed by atoms with Crippen LogP contribution in [0.5, 0.6) is 5.75 Å². The number of aromatic nitrogens is 2. The molecule has 0 bridgehead atoms. The molecule has 1 fully saturated rings. The first-order valence-electron chi connectivity index (χ1n) is 10.8. The SMILES string of the molecule is COc1ccc2cc(CN(Cc3cccnc3)C(=S)NC3CCCCC3)c(=O)[nH]c2c1. The van der Waals surface area contributed by atoms with Crippen molar-refractivity contribution in [1.29, 1.82) is 0 Å². The van der Waals surface area contributed by atoms with Crippen molar-refractivity contribution in [2.45, 2.75) is 51.2 Å². The zero-order chi connectivity index (χ0) is 21.6. The van der Waals surface area contributed by atoms with Gasteiger partial charge in [0.15, 0.2) is 5.11 Å². The summed E-state index contributed by atoms with van der Waals surface area (Å²) in [5.41, 5.74) is 2.37. The van der Waals surface area contributed by atoms with Crippen LogP contribution in [0.15, 0.2) is 53.6 Å². The fourth-order valence-electron chi connectivity index (χ4n) is 4.10. The third-order valence-electron chi connectivity index (χ3n) is 5.81. The Morgan fingerprint density at radius 2 is 2.06 bits per heavy atom. The number of H-pyrrole nitrogens is 1. The van der Waals surface area contributed by atoms with Crippen molar-refractivity contribution >= 4 is 28.2 Å². The predicted molar refractivity (Wildman–Crippen MR) is 127 cm³/mol. The summed E-state index contributed by atoms with van der Waals surface area (Å²) in [6, 6.07) is 12.0. The molecule has 0 unspecified atom stereocenters. The molecule has 1 saturated carbocycles. The summed E-state index contributed by atoms with van der Waals surface area (Å²) < 4.78 is 5.27. The number of rotatable bonds is 6. The summed E-state index contributed by atoms with van der Waals surface area (Å²) in [4.78, 5) is 22.1. The molecule has 1 aliphatic carbocycles. The lowest BCUT2D eigenvalue weighted by molar-refractivity contribution is 0.362. The molecule has 31 heavy (non-hydrogen) atoms. The molecular formula is C24H28N4O2S. The van der Waals surface area contributed by atoms with Gasteiger partial charge >= 0.3 is 0 Å². The molecule has 2 aromatic heterocycles. The van der Waals surface area contributed by atoms with Crippen molar-refractivity contribution < 1.29 is 4.74 Å². The van der Waals surface area contributed by atoms with Crippen LogP contribution in [-0.4, -0.2) is 33.1 Å². The topological polar surface area (TPSA) is 70.2 Å². The standard InChI is InChI=1S/C24H28N4O2S/c1-30-21-10-9-18-12-19(23(29)27-22(18)13-21)16-28(15-17-6-5-11-25-14-17)24(31)26-20-7-3-2-4-8-20/h5-6,9-14,20H,2-4,7-8,15-16H2,1H3,(H,26,31)(H,27,29). The van der Waals surface area contributed by atoms with Crippen molar-refractivity contribution in [3.05, 3.63) is 70.3 Å². The van der Waals surface area contributed by atoms with E-state index in [0.717, 1.165) is 29.3 Å². The minimum atomic E-state index is -0.114. The average Bonchev–Trinajstić information content (AvgIpc) is 2.80. The number of aromatic amines is 1. The summed E-state index contributed by atoms with van der Waals surface area (Å²) in [5.74, 6) is 0.715. The van der Waals surface area contributed by atoms with E-state index < -0.39 is 0 Å². The van der Waals surface area contributed by atoms with Crippen LogP contribution in [0.4, 0.5) is 0 Å². The fraction of sp³-hybridized carbons (Fsp3) is 0.375. The van der Waals surface area contributed by atoms with Gasteiger partial charge in [-0.05, 0) is 60.3 Å². The van der Waals surface area contributed by atoms with Crippen LogP contribution in [0.25, 0.3) is 10.9 Å². The van der Waals surface area contributed by atoms with Gasteiger partial charge in [-0.15, -0.1) is 0 Å². The lowest BCUT2D eigenvalue weighted by Gasteiger charge is -2.31. The Kier molecular flexibility index (Phi) is 6.82. The minimum absolute atomic E-state index is 0.114. The lowest BCUT2D eigenvalue weighted by Crippen LogP contribution is -2.45. The number of nitrogens with one attached hydrogen (secondary N) is 2. The maximum absolute atomic E-state index is 12.8. The minimum Gasteiger partial charge on any atom is -0.497 e. The second kappa shape index (κ2) is 9.92. The molecule has 0 amide bonds. The Morgan fingerprint density at radius 1 is 1.23 bits per heavy atom. The van der Waals surface area contributed by atoms with Crippen LogP contribution in [0, 0.1) is 0 Å². The number of ether oxygens (including phenoxy) is 1. The number of hydrogen-bond acceptors (Lipinski definition) is 4. The molecule has 0 saturated heterocycles. The largest absolute Gasteiger partial charge is 0.497 e. The van der Waals surface area contributed by atoms with E-state index >= 15 is 0 Å². The summed E-state index contributed by atoms with van der Waals surface area (Å²) in [7, 11) is 1.62. The Bertz CT molecular complexity index is 1090. The van der Waals surface area contributed by atoms with Gasteiger partial charge in [0.05, 0.1) is 19.2 Å². The molecule has 2 heterocycles. The van der Waals surface area contributed by atoms with E-state index in [2.05, 4.69) is 20.2 Å². The van der Waals surface area contributed by atoms with Gasteiger partial charge in [0.2, 0.25) is 0 Å². The molecule has 0 aliphatic heterocycles. The van der Waals surface area contributed by atoms with E-state index in [4.69, 9.17) is 17.0 Å². The normalized spacial score (nSPS) is 14.4. The number of methoxy groups -OCH3 is 1. The Labute approximate surface area is 187 Å². The highest BCUT2D eigenvalue weighted by Gasteiger charge is 2.19. The van der Waals surface area contributed by atoms with Crippen LogP contribution < -0.4 is 15.6 Å². The summed E-state index contributed by atoms with van der Waals surface area (Å²) in [6.45, 7) is 1.01. The molecular weight excluding hydrogens is 408 g/mol. The van der Waals surface area contributed by atoms with Gasteiger partial charge in [0, 0.05) is 36.6 Å². The number of fused-ring (bicyclic) bond motifs is 1. The number of thiocarbonyl (C=S) groups is 1. The van der Waals surface area contributed by atoms with E-state index in [1.54, 1.807) is 13.3 Å². The van der Waals surface area contributed by atoms with E-state index in [1.165, 1.54) is 19.3 Å². The molecule has 7 heteroatoms. The highest BCUT2D eigenvalue weighted by atomic mass is 32.1. The van der Waals surface area contributed by atoms with Crippen LogP contribution >= 0.6 is 12.2 Å². The van der Waals surface area contributed by atoms with E-state index in [1.807, 2.05) is 42.6 Å². The molecule has 6 nitrogen and oxygen atoms in total. The van der Waals surface area contributed by atoms with Gasteiger partial charge in [0.1, 0.15) is 5.75 Å². The number of pyridine rings is 2. The molecule has 0 radical (unpaired) electrons. The Morgan fingerprint density at radius 3 is 2.81 bits per heavy atom. The van der Waals surface area contributed by atoms with Gasteiger partial charge in [0.25, 0.3) is 5.56 Å². The molecule has 4 rings (SSSR count). The van der Waals surface area contributed by atoms with Gasteiger partial charge in [-0.3, -0.25) is 9.78 Å². The van der Waals surface area contributed by atoms with Gasteiger partial charge in [-0.2, -0.15) is 0 Å². The van der Waals surface area contributed by atoms with Crippen LogP contribution in [-0.2, 0) is 13.1 Å². The molecule has 0 spiro atoms. The highest BCUT2D eigenvalue weighted by molar-refractivity contribution is 7.80. The van der Waals surface area contributed by atoms with Gasteiger partial charge < -0.3 is 19.9 Å². The Balaban J connectivity index is 1.59. The number of benzene rings is 1. The molecule has 2 N–H and O–H groups in total. The first-order chi connectivity index (χ1) is 15.1. The van der Waals surface area contributed by atoms with E-state index in [9.17, 15) is 4.79 Å². The van der Waals surface area contributed by atoms with Crippen molar-refractivity contribution in [2.75, 3.05) is 7.11 Å². The van der Waals surface area contributed by atoms with Crippen LogP contribution in [0.3, 0.4) is 0 Å². The van der Waals surface area contributed by atoms with E-state index in [-0.39, 0.29) is 5.56 Å². The average molecular weight is 437 g/mol. The maximum atomic E-state index is 12.8. The molecule has 0 atom stereocenters. The number of nitrogens with zero attached hydrogens (tertiary/aromatic N) is 2. The van der Waals surface area contributed by atoms with Gasteiger partial charge in [-0.1, -0.05) is 25.3 Å². The monoisotopic (exact) mass is 436 g/mol. The van der Waals surface area contributed by atoms with Crippen molar-refractivity contribution in [3.8, 4) is 5.75 Å². The van der Waals surface area contributed by atoms with E-state index in [0.29, 0.717) is 35.6 Å². The summed E-state index contributed by atoms with van der Waals surface area (Å²) in [6.07, 6.45) is 9.63. The Hall–Kier alpha value is -2.93. The van der Waals surface area contributed by atoms with Crippen LogP contribution in [0.1, 0.15) is 43.2 Å². The molecule has 1 aromatic carbocycles. The maximum Gasteiger partial charge on any atom is 0.253 e. The first-order valence-corrected chi connectivity index (χ1v) is 11.2. The smallest absolute Gasteiger partial charge is 0.253 e. The van der Waals surface area contributed by atoms with Crippen molar-refractivity contribution in [2.24, 2.45) is 0 Å². The quantitative estimate of drug-likeness (QED) is 0.566.